The minimum Gasteiger partial charge on any atom is -0.481 e. The highest BCUT2D eigenvalue weighted by Crippen LogP contribution is 2.14. The van der Waals surface area contributed by atoms with Crippen molar-refractivity contribution in [3.05, 3.63) is 35.1 Å². The number of rotatable bonds is 4. The van der Waals surface area contributed by atoms with Crippen LogP contribution in [0.3, 0.4) is 0 Å². The van der Waals surface area contributed by atoms with Gasteiger partial charge in [0.25, 0.3) is 5.91 Å². The van der Waals surface area contributed by atoms with Gasteiger partial charge in [0, 0.05) is 12.1 Å². The van der Waals surface area contributed by atoms with Crippen molar-refractivity contribution in [2.75, 3.05) is 6.54 Å². The lowest BCUT2D eigenvalue weighted by Crippen LogP contribution is -2.39. The number of carboxylic acids is 1. The van der Waals surface area contributed by atoms with Crippen molar-refractivity contribution in [2.24, 2.45) is 5.41 Å². The molecule has 0 fully saturated rings. The second-order valence-electron chi connectivity index (χ2n) is 4.83. The number of carboxylic acid groups (broad SMARTS) is 1. The van der Waals surface area contributed by atoms with E-state index in [0.29, 0.717) is 11.1 Å². The molecular formula is C13H16FNO3. The van der Waals surface area contributed by atoms with Crippen molar-refractivity contribution in [3.63, 3.8) is 0 Å². The molecule has 0 spiro atoms. The molecule has 0 heterocycles. The molecule has 0 aliphatic rings. The van der Waals surface area contributed by atoms with Crippen LogP contribution in [-0.4, -0.2) is 23.5 Å². The summed E-state index contributed by atoms with van der Waals surface area (Å²) in [7, 11) is 0. The first-order chi connectivity index (χ1) is 8.24. The van der Waals surface area contributed by atoms with E-state index in [9.17, 15) is 14.0 Å². The van der Waals surface area contributed by atoms with Crippen molar-refractivity contribution in [3.8, 4) is 0 Å². The zero-order chi connectivity index (χ0) is 13.9. The molecular weight excluding hydrogens is 237 g/mol. The zero-order valence-corrected chi connectivity index (χ0v) is 10.6. The summed E-state index contributed by atoms with van der Waals surface area (Å²) in [4.78, 5) is 22.7. The number of carbonyl (C=O) groups is 2. The molecule has 1 rings (SSSR count). The van der Waals surface area contributed by atoms with Crippen LogP contribution in [0.15, 0.2) is 18.2 Å². The Morgan fingerprint density at radius 2 is 2.00 bits per heavy atom. The van der Waals surface area contributed by atoms with E-state index >= 15 is 0 Å². The van der Waals surface area contributed by atoms with Gasteiger partial charge in [-0.1, -0.05) is 0 Å². The van der Waals surface area contributed by atoms with Gasteiger partial charge in [-0.2, -0.15) is 0 Å². The van der Waals surface area contributed by atoms with Crippen molar-refractivity contribution in [1.82, 2.24) is 5.32 Å². The van der Waals surface area contributed by atoms with Crippen LogP contribution in [0.25, 0.3) is 0 Å². The summed E-state index contributed by atoms with van der Waals surface area (Å²) in [6, 6.07) is 3.84. The van der Waals surface area contributed by atoms with Gasteiger partial charge in [-0.15, -0.1) is 0 Å². The second-order valence-corrected chi connectivity index (χ2v) is 4.83. The van der Waals surface area contributed by atoms with Gasteiger partial charge in [0.05, 0.1) is 5.41 Å². The first-order valence-electron chi connectivity index (χ1n) is 5.52. The smallest absolute Gasteiger partial charge is 0.310 e. The maximum absolute atomic E-state index is 12.9. The van der Waals surface area contributed by atoms with Gasteiger partial charge in [0.15, 0.2) is 0 Å². The molecule has 0 aliphatic carbocycles. The van der Waals surface area contributed by atoms with Crippen molar-refractivity contribution >= 4 is 11.9 Å². The van der Waals surface area contributed by atoms with E-state index in [2.05, 4.69) is 5.32 Å². The fourth-order valence-electron chi connectivity index (χ4n) is 1.35. The molecule has 0 saturated carbocycles. The van der Waals surface area contributed by atoms with Crippen LogP contribution in [0.5, 0.6) is 0 Å². The largest absolute Gasteiger partial charge is 0.481 e. The maximum atomic E-state index is 12.9. The number of aliphatic carboxylic acids is 1. The van der Waals surface area contributed by atoms with Gasteiger partial charge in [0.2, 0.25) is 0 Å². The molecule has 0 radical (unpaired) electrons. The van der Waals surface area contributed by atoms with E-state index in [1.807, 2.05) is 0 Å². The molecule has 4 nitrogen and oxygen atoms in total. The first kappa shape index (κ1) is 14.2. The Morgan fingerprint density at radius 1 is 1.39 bits per heavy atom. The summed E-state index contributed by atoms with van der Waals surface area (Å²) >= 11 is 0. The van der Waals surface area contributed by atoms with Gasteiger partial charge < -0.3 is 10.4 Å². The van der Waals surface area contributed by atoms with E-state index in [-0.39, 0.29) is 6.54 Å². The van der Waals surface area contributed by atoms with Crippen LogP contribution in [0.1, 0.15) is 29.8 Å². The van der Waals surface area contributed by atoms with E-state index in [1.54, 1.807) is 6.92 Å². The van der Waals surface area contributed by atoms with Crippen LogP contribution in [0.4, 0.5) is 4.39 Å². The molecule has 18 heavy (non-hydrogen) atoms. The number of aryl methyl sites for hydroxylation is 1. The third-order valence-corrected chi connectivity index (χ3v) is 2.70. The van der Waals surface area contributed by atoms with Crippen molar-refractivity contribution in [1.29, 1.82) is 0 Å². The summed E-state index contributed by atoms with van der Waals surface area (Å²) < 4.78 is 12.9. The standard InChI is InChI=1S/C13H16FNO3/c1-8-6-9(14)4-5-10(8)11(16)15-7-13(2,3)12(17)18/h4-6H,7H2,1-3H3,(H,15,16)(H,17,18). The molecule has 1 aromatic rings. The maximum Gasteiger partial charge on any atom is 0.310 e. The van der Waals surface area contributed by atoms with Gasteiger partial charge in [0.1, 0.15) is 5.82 Å². The third kappa shape index (κ3) is 3.29. The molecule has 1 aromatic carbocycles. The molecule has 98 valence electrons. The SMILES string of the molecule is Cc1cc(F)ccc1C(=O)NCC(C)(C)C(=O)O. The number of hydrogen-bond acceptors (Lipinski definition) is 2. The van der Waals surface area contributed by atoms with Crippen LogP contribution in [-0.2, 0) is 4.79 Å². The Balaban J connectivity index is 2.75. The predicted octanol–water partition coefficient (Wildman–Crippen LogP) is 1.97. The lowest BCUT2D eigenvalue weighted by molar-refractivity contribution is -0.146. The Labute approximate surface area is 105 Å². The third-order valence-electron chi connectivity index (χ3n) is 2.70. The molecule has 1 amide bonds. The van der Waals surface area contributed by atoms with E-state index in [1.165, 1.54) is 32.0 Å². The average Bonchev–Trinajstić information content (AvgIpc) is 2.25. The number of benzene rings is 1. The lowest BCUT2D eigenvalue weighted by Gasteiger charge is -2.19. The Hall–Kier alpha value is -1.91. The van der Waals surface area contributed by atoms with Gasteiger partial charge in [-0.25, -0.2) is 4.39 Å². The van der Waals surface area contributed by atoms with E-state index in [4.69, 9.17) is 5.11 Å². The van der Waals surface area contributed by atoms with Gasteiger partial charge in [-0.3, -0.25) is 9.59 Å². The van der Waals surface area contributed by atoms with Gasteiger partial charge >= 0.3 is 5.97 Å². The molecule has 5 heteroatoms. The molecule has 0 aromatic heterocycles. The van der Waals surface area contributed by atoms with Crippen LogP contribution >= 0.6 is 0 Å². The van der Waals surface area contributed by atoms with Crippen LogP contribution in [0, 0.1) is 18.2 Å². The summed E-state index contributed by atoms with van der Waals surface area (Å²) in [5.41, 5.74) is -0.179. The fraction of sp³-hybridized carbons (Fsp3) is 0.385. The Kier molecular flexibility index (Phi) is 4.06. The summed E-state index contributed by atoms with van der Waals surface area (Å²) in [5, 5.41) is 11.5. The highest BCUT2D eigenvalue weighted by molar-refractivity contribution is 5.95. The number of carbonyl (C=O) groups excluding carboxylic acids is 1. The molecule has 0 saturated heterocycles. The topological polar surface area (TPSA) is 66.4 Å². The number of hydrogen-bond donors (Lipinski definition) is 2. The highest BCUT2D eigenvalue weighted by Gasteiger charge is 2.27. The number of amides is 1. The normalized spacial score (nSPS) is 11.1. The minimum absolute atomic E-state index is 0.0119. The van der Waals surface area contributed by atoms with E-state index in [0.717, 1.165) is 0 Å². The van der Waals surface area contributed by atoms with E-state index < -0.39 is 23.1 Å². The highest BCUT2D eigenvalue weighted by atomic mass is 19.1. The monoisotopic (exact) mass is 253 g/mol. The quantitative estimate of drug-likeness (QED) is 0.862. The fourth-order valence-corrected chi connectivity index (χ4v) is 1.35. The first-order valence-corrected chi connectivity index (χ1v) is 5.52. The summed E-state index contributed by atoms with van der Waals surface area (Å²) in [5.74, 6) is -1.80. The Bertz CT molecular complexity index is 483. The van der Waals surface area contributed by atoms with Gasteiger partial charge in [-0.05, 0) is 44.5 Å². The van der Waals surface area contributed by atoms with Crippen LogP contribution in [0.2, 0.25) is 0 Å². The average molecular weight is 253 g/mol. The van der Waals surface area contributed by atoms with Crippen molar-refractivity contribution in [2.45, 2.75) is 20.8 Å². The second kappa shape index (κ2) is 5.16. The molecule has 0 bridgehead atoms. The summed E-state index contributed by atoms with van der Waals surface area (Å²) in [6.07, 6.45) is 0. The number of nitrogens with one attached hydrogen (secondary N) is 1. The van der Waals surface area contributed by atoms with Crippen molar-refractivity contribution < 1.29 is 19.1 Å². The zero-order valence-electron chi connectivity index (χ0n) is 10.6. The number of halogens is 1. The molecule has 0 unspecified atom stereocenters. The Morgan fingerprint density at radius 3 is 2.50 bits per heavy atom. The summed E-state index contributed by atoms with van der Waals surface area (Å²) in [6.45, 7) is 4.68. The molecule has 0 atom stereocenters. The predicted molar refractivity (Wildman–Crippen MR) is 64.9 cm³/mol. The molecule has 0 aliphatic heterocycles. The minimum atomic E-state index is -1.04. The van der Waals surface area contributed by atoms with Crippen LogP contribution < -0.4 is 5.32 Å². The lowest BCUT2D eigenvalue weighted by atomic mass is 9.93. The molecule has 2 N–H and O–H groups in total.